The normalized spacial score (nSPS) is 10.4. The second-order valence-corrected chi connectivity index (χ2v) is 5.37. The summed E-state index contributed by atoms with van der Waals surface area (Å²) < 4.78 is 26.2. The van der Waals surface area contributed by atoms with E-state index in [-0.39, 0.29) is 11.5 Å². The first kappa shape index (κ1) is 16.5. The van der Waals surface area contributed by atoms with Crippen LogP contribution >= 0.6 is 0 Å². The number of hydrogen-bond acceptors (Lipinski definition) is 4. The number of aromatic nitrogens is 2. The first-order chi connectivity index (χ1) is 12.0. The molecular formula is C18H14F2N4O. The molecule has 2 aromatic carbocycles. The Labute approximate surface area is 142 Å². The molecule has 0 saturated heterocycles. The van der Waals surface area contributed by atoms with Gasteiger partial charge in [-0.05, 0) is 36.8 Å². The Morgan fingerprint density at radius 1 is 0.960 bits per heavy atom. The van der Waals surface area contributed by atoms with Crippen LogP contribution in [0.25, 0.3) is 0 Å². The van der Waals surface area contributed by atoms with Gasteiger partial charge < -0.3 is 10.6 Å². The van der Waals surface area contributed by atoms with Crippen molar-refractivity contribution in [3.8, 4) is 0 Å². The minimum absolute atomic E-state index is 0.140. The van der Waals surface area contributed by atoms with Crippen LogP contribution in [0.1, 0.15) is 16.1 Å². The summed E-state index contributed by atoms with van der Waals surface area (Å²) in [6.07, 6.45) is 1.22. The number of benzene rings is 2. The van der Waals surface area contributed by atoms with Crippen molar-refractivity contribution in [3.63, 3.8) is 0 Å². The zero-order chi connectivity index (χ0) is 17.8. The summed E-state index contributed by atoms with van der Waals surface area (Å²) in [5.74, 6) is -2.03. The quantitative estimate of drug-likeness (QED) is 0.752. The predicted molar refractivity (Wildman–Crippen MR) is 90.8 cm³/mol. The highest BCUT2D eigenvalue weighted by molar-refractivity contribution is 6.03. The first-order valence-electron chi connectivity index (χ1n) is 7.43. The van der Waals surface area contributed by atoms with Crippen LogP contribution in [0.4, 0.5) is 26.0 Å². The molecule has 3 aromatic rings. The molecule has 0 radical (unpaired) electrons. The molecule has 0 fully saturated rings. The van der Waals surface area contributed by atoms with Crippen LogP contribution < -0.4 is 10.6 Å². The zero-order valence-corrected chi connectivity index (χ0v) is 13.3. The van der Waals surface area contributed by atoms with Crippen molar-refractivity contribution in [2.45, 2.75) is 6.92 Å². The van der Waals surface area contributed by atoms with Gasteiger partial charge in [0.15, 0.2) is 11.6 Å². The molecular weight excluding hydrogens is 326 g/mol. The summed E-state index contributed by atoms with van der Waals surface area (Å²) in [6.45, 7) is 1.92. The van der Waals surface area contributed by atoms with Gasteiger partial charge in [0.2, 0.25) is 0 Å². The maximum atomic E-state index is 13.3. The summed E-state index contributed by atoms with van der Waals surface area (Å²) in [5, 5.41) is 5.54. The topological polar surface area (TPSA) is 66.9 Å². The number of nitrogens with zero attached hydrogens (tertiary/aromatic N) is 2. The number of carbonyl (C=O) groups is 1. The molecule has 1 aromatic heterocycles. The van der Waals surface area contributed by atoms with E-state index in [0.29, 0.717) is 11.4 Å². The van der Waals surface area contributed by atoms with Gasteiger partial charge in [-0.2, -0.15) is 0 Å². The van der Waals surface area contributed by atoms with Crippen molar-refractivity contribution < 1.29 is 13.6 Å². The Morgan fingerprint density at radius 3 is 2.56 bits per heavy atom. The van der Waals surface area contributed by atoms with Crippen LogP contribution in [0.15, 0.2) is 54.9 Å². The van der Waals surface area contributed by atoms with Gasteiger partial charge in [0.25, 0.3) is 5.91 Å². The highest BCUT2D eigenvalue weighted by Crippen LogP contribution is 2.18. The van der Waals surface area contributed by atoms with E-state index in [1.807, 2.05) is 25.1 Å². The van der Waals surface area contributed by atoms with Crippen LogP contribution in [0.2, 0.25) is 0 Å². The van der Waals surface area contributed by atoms with Crippen LogP contribution in [-0.2, 0) is 0 Å². The van der Waals surface area contributed by atoms with E-state index in [4.69, 9.17) is 0 Å². The fourth-order valence-electron chi connectivity index (χ4n) is 2.19. The van der Waals surface area contributed by atoms with Crippen LogP contribution in [-0.4, -0.2) is 15.9 Å². The average Bonchev–Trinajstić information content (AvgIpc) is 2.58. The van der Waals surface area contributed by atoms with Gasteiger partial charge in [-0.1, -0.05) is 12.1 Å². The van der Waals surface area contributed by atoms with Crippen LogP contribution in [0.5, 0.6) is 0 Å². The van der Waals surface area contributed by atoms with E-state index in [1.165, 1.54) is 18.5 Å². The van der Waals surface area contributed by atoms with Crippen molar-refractivity contribution in [1.29, 1.82) is 0 Å². The molecule has 0 unspecified atom stereocenters. The van der Waals surface area contributed by atoms with Gasteiger partial charge in [0.05, 0.1) is 0 Å². The molecule has 2 N–H and O–H groups in total. The Morgan fingerprint density at radius 2 is 1.80 bits per heavy atom. The average molecular weight is 340 g/mol. The summed E-state index contributed by atoms with van der Waals surface area (Å²) in [6, 6.07) is 12.2. The van der Waals surface area contributed by atoms with E-state index >= 15 is 0 Å². The molecule has 7 heteroatoms. The van der Waals surface area contributed by atoms with Crippen molar-refractivity contribution in [2.24, 2.45) is 0 Å². The Bertz CT molecular complexity index is 930. The summed E-state index contributed by atoms with van der Waals surface area (Å²) in [4.78, 5) is 20.2. The fourth-order valence-corrected chi connectivity index (χ4v) is 2.19. The molecule has 0 aliphatic carbocycles. The van der Waals surface area contributed by atoms with Gasteiger partial charge in [-0.25, -0.2) is 18.7 Å². The van der Waals surface area contributed by atoms with Crippen molar-refractivity contribution in [2.75, 3.05) is 10.6 Å². The largest absolute Gasteiger partial charge is 0.340 e. The lowest BCUT2D eigenvalue weighted by Crippen LogP contribution is -2.14. The van der Waals surface area contributed by atoms with Gasteiger partial charge in [0.1, 0.15) is 17.8 Å². The molecule has 0 atom stereocenters. The molecule has 0 aliphatic rings. The fraction of sp³-hybridized carbons (Fsp3) is 0.0556. The number of amides is 1. The standard InChI is InChI=1S/C18H14F2N4O/c1-11-3-2-4-12(7-11)24-18(25)16-9-17(22-10-21-16)23-13-5-6-14(19)15(20)8-13/h2-10H,1H3,(H,24,25)(H,21,22,23). The second-order valence-electron chi connectivity index (χ2n) is 5.37. The second kappa shape index (κ2) is 7.04. The molecule has 1 heterocycles. The number of rotatable bonds is 4. The van der Waals surface area contributed by atoms with Crippen molar-refractivity contribution >= 4 is 23.1 Å². The van der Waals surface area contributed by atoms with E-state index in [0.717, 1.165) is 17.7 Å². The number of aryl methyl sites for hydroxylation is 1. The lowest BCUT2D eigenvalue weighted by molar-refractivity contribution is 0.102. The molecule has 126 valence electrons. The number of carbonyl (C=O) groups excluding carboxylic acids is 1. The van der Waals surface area contributed by atoms with E-state index in [1.54, 1.807) is 6.07 Å². The number of anilines is 3. The SMILES string of the molecule is Cc1cccc(NC(=O)c2cc(Nc3ccc(F)c(F)c3)ncn2)c1. The van der Waals surface area contributed by atoms with Gasteiger partial charge in [0, 0.05) is 23.5 Å². The van der Waals surface area contributed by atoms with Crippen molar-refractivity contribution in [3.05, 3.63) is 77.8 Å². The number of halogens is 2. The minimum atomic E-state index is -0.975. The summed E-state index contributed by atoms with van der Waals surface area (Å²) in [5.41, 5.74) is 2.11. The molecule has 25 heavy (non-hydrogen) atoms. The summed E-state index contributed by atoms with van der Waals surface area (Å²) in [7, 11) is 0. The first-order valence-corrected chi connectivity index (χ1v) is 7.43. The van der Waals surface area contributed by atoms with E-state index in [9.17, 15) is 13.6 Å². The van der Waals surface area contributed by atoms with Gasteiger partial charge in [-0.15, -0.1) is 0 Å². The lowest BCUT2D eigenvalue weighted by Gasteiger charge is -2.08. The van der Waals surface area contributed by atoms with Crippen LogP contribution in [0.3, 0.4) is 0 Å². The third kappa shape index (κ3) is 4.14. The highest BCUT2D eigenvalue weighted by Gasteiger charge is 2.10. The summed E-state index contributed by atoms with van der Waals surface area (Å²) >= 11 is 0. The van der Waals surface area contributed by atoms with E-state index < -0.39 is 17.5 Å². The molecule has 0 saturated carbocycles. The number of hydrogen-bond donors (Lipinski definition) is 2. The molecule has 0 spiro atoms. The lowest BCUT2D eigenvalue weighted by atomic mass is 10.2. The molecule has 5 nitrogen and oxygen atoms in total. The molecule has 1 amide bonds. The van der Waals surface area contributed by atoms with Crippen LogP contribution in [0, 0.1) is 18.6 Å². The predicted octanol–water partition coefficient (Wildman–Crippen LogP) is 4.06. The monoisotopic (exact) mass is 340 g/mol. The highest BCUT2D eigenvalue weighted by atomic mass is 19.2. The maximum Gasteiger partial charge on any atom is 0.274 e. The number of nitrogens with one attached hydrogen (secondary N) is 2. The Hall–Kier alpha value is -3.35. The minimum Gasteiger partial charge on any atom is -0.340 e. The Kier molecular flexibility index (Phi) is 4.65. The van der Waals surface area contributed by atoms with Gasteiger partial charge in [-0.3, -0.25) is 4.79 Å². The molecule has 0 aliphatic heterocycles. The third-order valence-corrected chi connectivity index (χ3v) is 3.37. The third-order valence-electron chi connectivity index (χ3n) is 3.37. The smallest absolute Gasteiger partial charge is 0.274 e. The van der Waals surface area contributed by atoms with Crippen molar-refractivity contribution in [1.82, 2.24) is 9.97 Å². The maximum absolute atomic E-state index is 13.3. The molecule has 3 rings (SSSR count). The molecule has 0 bridgehead atoms. The zero-order valence-electron chi connectivity index (χ0n) is 13.3. The van der Waals surface area contributed by atoms with E-state index in [2.05, 4.69) is 20.6 Å². The van der Waals surface area contributed by atoms with Gasteiger partial charge >= 0.3 is 0 Å². The Balaban J connectivity index is 1.76.